The Balaban J connectivity index is 1.92. The maximum absolute atomic E-state index is 12.1. The van der Waals surface area contributed by atoms with Crippen molar-refractivity contribution in [1.82, 2.24) is 10.2 Å². The van der Waals surface area contributed by atoms with Crippen molar-refractivity contribution < 1.29 is 14.7 Å². The Bertz CT molecular complexity index is 333. The van der Waals surface area contributed by atoms with Crippen LogP contribution < -0.4 is 5.32 Å². The zero-order valence-electron chi connectivity index (χ0n) is 10.9. The van der Waals surface area contributed by atoms with Crippen molar-refractivity contribution in [3.05, 3.63) is 0 Å². The summed E-state index contributed by atoms with van der Waals surface area (Å²) >= 11 is 0. The molecular formula is C13H22N2O3. The van der Waals surface area contributed by atoms with E-state index >= 15 is 0 Å². The van der Waals surface area contributed by atoms with E-state index in [1.165, 1.54) is 6.42 Å². The second-order valence-corrected chi connectivity index (χ2v) is 5.57. The van der Waals surface area contributed by atoms with Gasteiger partial charge in [0.25, 0.3) is 0 Å². The lowest BCUT2D eigenvalue weighted by atomic mass is 9.77. The minimum Gasteiger partial charge on any atom is -0.480 e. The number of urea groups is 1. The van der Waals surface area contributed by atoms with E-state index in [0.29, 0.717) is 12.8 Å². The van der Waals surface area contributed by atoms with Gasteiger partial charge in [-0.3, -0.25) is 0 Å². The summed E-state index contributed by atoms with van der Waals surface area (Å²) in [7, 11) is 1.78. The second-order valence-electron chi connectivity index (χ2n) is 5.57. The third-order valence-electron chi connectivity index (χ3n) is 4.41. The smallest absolute Gasteiger partial charge is 0.329 e. The van der Waals surface area contributed by atoms with Gasteiger partial charge in [0.2, 0.25) is 0 Å². The van der Waals surface area contributed by atoms with E-state index in [9.17, 15) is 14.7 Å². The van der Waals surface area contributed by atoms with Crippen molar-refractivity contribution in [3.63, 3.8) is 0 Å². The Morgan fingerprint density at radius 1 is 1.17 bits per heavy atom. The largest absolute Gasteiger partial charge is 0.480 e. The van der Waals surface area contributed by atoms with Gasteiger partial charge < -0.3 is 15.3 Å². The number of hydrogen-bond acceptors (Lipinski definition) is 2. The van der Waals surface area contributed by atoms with Crippen LogP contribution in [0, 0.1) is 0 Å². The van der Waals surface area contributed by atoms with Gasteiger partial charge in [-0.2, -0.15) is 0 Å². The van der Waals surface area contributed by atoms with Crippen LogP contribution in [-0.4, -0.2) is 40.6 Å². The number of rotatable bonds is 3. The van der Waals surface area contributed by atoms with Gasteiger partial charge in [-0.05, 0) is 32.1 Å². The number of hydrogen-bond donors (Lipinski definition) is 2. The summed E-state index contributed by atoms with van der Waals surface area (Å²) in [6.45, 7) is 0. The molecule has 0 aromatic heterocycles. The third kappa shape index (κ3) is 2.44. The Morgan fingerprint density at radius 3 is 2.22 bits per heavy atom. The molecule has 0 aromatic carbocycles. The number of carboxylic acid groups (broad SMARTS) is 1. The minimum atomic E-state index is -1.000. The summed E-state index contributed by atoms with van der Waals surface area (Å²) < 4.78 is 0. The number of nitrogens with one attached hydrogen (secondary N) is 1. The van der Waals surface area contributed by atoms with Crippen LogP contribution >= 0.6 is 0 Å². The Morgan fingerprint density at radius 2 is 1.78 bits per heavy atom. The molecule has 0 saturated heterocycles. The summed E-state index contributed by atoms with van der Waals surface area (Å²) in [5, 5.41) is 11.9. The maximum Gasteiger partial charge on any atom is 0.329 e. The van der Waals surface area contributed by atoms with Gasteiger partial charge in [-0.15, -0.1) is 0 Å². The molecule has 0 heterocycles. The fourth-order valence-electron chi connectivity index (χ4n) is 2.85. The van der Waals surface area contributed by atoms with Gasteiger partial charge >= 0.3 is 12.0 Å². The number of carbonyl (C=O) groups is 2. The van der Waals surface area contributed by atoms with Crippen LogP contribution in [0.5, 0.6) is 0 Å². The van der Waals surface area contributed by atoms with Gasteiger partial charge in [0.05, 0.1) is 0 Å². The molecule has 5 nitrogen and oxygen atoms in total. The van der Waals surface area contributed by atoms with Gasteiger partial charge in [-0.1, -0.05) is 19.3 Å². The number of nitrogens with zero attached hydrogens (tertiary/aromatic N) is 1. The average molecular weight is 254 g/mol. The van der Waals surface area contributed by atoms with Crippen LogP contribution in [0.2, 0.25) is 0 Å². The molecule has 2 fully saturated rings. The highest BCUT2D eigenvalue weighted by molar-refractivity contribution is 5.87. The molecule has 2 amide bonds. The number of amides is 2. The third-order valence-corrected chi connectivity index (χ3v) is 4.41. The number of aliphatic carboxylic acids is 1. The van der Waals surface area contributed by atoms with Crippen LogP contribution in [0.3, 0.4) is 0 Å². The van der Waals surface area contributed by atoms with Crippen LogP contribution in [0.15, 0.2) is 0 Å². The lowest BCUT2D eigenvalue weighted by Crippen LogP contribution is -2.62. The van der Waals surface area contributed by atoms with Crippen LogP contribution in [-0.2, 0) is 4.79 Å². The first-order valence-corrected chi connectivity index (χ1v) is 6.83. The highest BCUT2D eigenvalue weighted by Gasteiger charge is 2.46. The zero-order valence-corrected chi connectivity index (χ0v) is 10.9. The first-order chi connectivity index (χ1) is 8.55. The molecule has 2 N–H and O–H groups in total. The first kappa shape index (κ1) is 13.2. The summed E-state index contributed by atoms with van der Waals surface area (Å²) in [6, 6.07) is 0.0358. The maximum atomic E-state index is 12.1. The Kier molecular flexibility index (Phi) is 3.78. The van der Waals surface area contributed by atoms with E-state index in [-0.39, 0.29) is 12.1 Å². The van der Waals surface area contributed by atoms with Gasteiger partial charge in [0, 0.05) is 13.1 Å². The molecule has 102 valence electrons. The molecule has 0 aromatic rings. The van der Waals surface area contributed by atoms with Crippen molar-refractivity contribution in [2.24, 2.45) is 0 Å². The highest BCUT2D eigenvalue weighted by Crippen LogP contribution is 2.32. The van der Waals surface area contributed by atoms with E-state index < -0.39 is 11.5 Å². The molecule has 0 atom stereocenters. The van der Waals surface area contributed by atoms with Crippen molar-refractivity contribution >= 4 is 12.0 Å². The molecule has 0 bridgehead atoms. The van der Waals surface area contributed by atoms with Gasteiger partial charge in [0.15, 0.2) is 0 Å². The van der Waals surface area contributed by atoms with Crippen LogP contribution in [0.1, 0.15) is 51.4 Å². The molecule has 18 heavy (non-hydrogen) atoms. The average Bonchev–Trinajstić information content (AvgIpc) is 2.33. The summed E-state index contributed by atoms with van der Waals surface area (Å²) in [4.78, 5) is 25.0. The van der Waals surface area contributed by atoms with Crippen molar-refractivity contribution in [2.75, 3.05) is 7.05 Å². The van der Waals surface area contributed by atoms with Crippen molar-refractivity contribution in [2.45, 2.75) is 62.9 Å². The number of carboxylic acids is 1. The predicted molar refractivity (Wildman–Crippen MR) is 67.4 cm³/mol. The standard InChI is InChI=1S/C13H22N2O3/c1-15(10-6-3-2-4-7-10)12(18)14-13(11(16)17)8-5-9-13/h10H,2-9H2,1H3,(H,14,18)(H,16,17). The van der Waals surface area contributed by atoms with E-state index in [1.807, 2.05) is 0 Å². The fourth-order valence-corrected chi connectivity index (χ4v) is 2.85. The zero-order chi connectivity index (χ0) is 13.2. The Labute approximate surface area is 108 Å². The molecule has 0 radical (unpaired) electrons. The summed E-state index contributed by atoms with van der Waals surface area (Å²) in [5.74, 6) is -0.904. The lowest BCUT2D eigenvalue weighted by molar-refractivity contribution is -0.148. The van der Waals surface area contributed by atoms with Crippen LogP contribution in [0.25, 0.3) is 0 Å². The predicted octanol–water partition coefficient (Wildman–Crippen LogP) is 1.97. The highest BCUT2D eigenvalue weighted by atomic mass is 16.4. The van der Waals surface area contributed by atoms with Crippen molar-refractivity contribution in [1.29, 1.82) is 0 Å². The second kappa shape index (κ2) is 5.16. The van der Waals surface area contributed by atoms with Gasteiger partial charge in [0.1, 0.15) is 5.54 Å². The monoisotopic (exact) mass is 254 g/mol. The van der Waals surface area contributed by atoms with E-state index in [4.69, 9.17) is 0 Å². The fraction of sp³-hybridized carbons (Fsp3) is 0.846. The Hall–Kier alpha value is -1.26. The van der Waals surface area contributed by atoms with Crippen LogP contribution in [0.4, 0.5) is 4.79 Å². The first-order valence-electron chi connectivity index (χ1n) is 6.83. The normalized spacial score (nSPS) is 22.9. The molecular weight excluding hydrogens is 232 g/mol. The molecule has 0 spiro atoms. The lowest BCUT2D eigenvalue weighted by Gasteiger charge is -2.40. The van der Waals surface area contributed by atoms with E-state index in [1.54, 1.807) is 11.9 Å². The summed E-state index contributed by atoms with van der Waals surface area (Å²) in [6.07, 6.45) is 7.59. The molecule has 2 rings (SSSR count). The van der Waals surface area contributed by atoms with E-state index in [2.05, 4.69) is 5.32 Å². The molecule has 0 unspecified atom stereocenters. The topological polar surface area (TPSA) is 69.6 Å². The molecule has 2 saturated carbocycles. The molecule has 2 aliphatic rings. The van der Waals surface area contributed by atoms with E-state index in [0.717, 1.165) is 32.1 Å². The molecule has 5 heteroatoms. The quantitative estimate of drug-likeness (QED) is 0.809. The SMILES string of the molecule is CN(C(=O)NC1(C(=O)O)CCC1)C1CCCCC1. The molecule has 2 aliphatic carbocycles. The van der Waals surface area contributed by atoms with Gasteiger partial charge in [-0.25, -0.2) is 9.59 Å². The van der Waals surface area contributed by atoms with Crippen molar-refractivity contribution in [3.8, 4) is 0 Å². The number of carbonyl (C=O) groups excluding carboxylic acids is 1. The minimum absolute atomic E-state index is 0.232. The molecule has 0 aliphatic heterocycles. The summed E-state index contributed by atoms with van der Waals surface area (Å²) in [5.41, 5.74) is -1.000.